The first-order valence-corrected chi connectivity index (χ1v) is 8.42. The first-order chi connectivity index (χ1) is 9.34. The number of nitrogens with zero attached hydrogens (tertiary/aromatic N) is 1. The van der Waals surface area contributed by atoms with Crippen molar-refractivity contribution >= 4 is 15.8 Å². The van der Waals surface area contributed by atoms with Gasteiger partial charge in [-0.05, 0) is 45.7 Å². The number of carbonyl (C=O) groups is 1. The lowest BCUT2D eigenvalue weighted by molar-refractivity contribution is 0.101. The highest BCUT2D eigenvalue weighted by Gasteiger charge is 2.35. The summed E-state index contributed by atoms with van der Waals surface area (Å²) in [7, 11) is -3.48. The van der Waals surface area contributed by atoms with Gasteiger partial charge in [-0.25, -0.2) is 8.42 Å². The van der Waals surface area contributed by atoms with Crippen LogP contribution in [0.25, 0.3) is 0 Å². The number of ketones is 1. The molecule has 0 radical (unpaired) electrons. The second-order valence-corrected chi connectivity index (χ2v) is 7.39. The van der Waals surface area contributed by atoms with E-state index >= 15 is 0 Å². The van der Waals surface area contributed by atoms with E-state index in [0.717, 1.165) is 19.3 Å². The lowest BCUT2D eigenvalue weighted by Crippen LogP contribution is -2.47. The first-order valence-electron chi connectivity index (χ1n) is 6.98. The number of hydrogen-bond donors (Lipinski definition) is 0. The van der Waals surface area contributed by atoms with Crippen LogP contribution in [0.1, 0.15) is 50.4 Å². The number of sulfonamides is 1. The number of rotatable bonds is 3. The molecule has 4 nitrogen and oxygen atoms in total. The van der Waals surface area contributed by atoms with Crippen molar-refractivity contribution < 1.29 is 13.2 Å². The standard InChI is InChI=1S/C15H21NO3S/c1-11-5-4-6-12(2)16(11)20(18,19)15-9-7-14(8-10-15)13(3)17/h7-12H,4-6H2,1-3H3/t11-,12+. The Morgan fingerprint density at radius 2 is 1.60 bits per heavy atom. The van der Waals surface area contributed by atoms with Gasteiger partial charge in [0.15, 0.2) is 5.78 Å². The highest BCUT2D eigenvalue weighted by atomic mass is 32.2. The zero-order valence-electron chi connectivity index (χ0n) is 12.2. The molecule has 1 aliphatic rings. The Balaban J connectivity index is 2.36. The van der Waals surface area contributed by atoms with Crippen LogP contribution in [-0.4, -0.2) is 30.6 Å². The lowest BCUT2D eigenvalue weighted by Gasteiger charge is -2.37. The van der Waals surface area contributed by atoms with Gasteiger partial charge in [-0.2, -0.15) is 4.31 Å². The predicted octanol–water partition coefficient (Wildman–Crippen LogP) is 2.84. The van der Waals surface area contributed by atoms with Gasteiger partial charge in [-0.3, -0.25) is 4.79 Å². The Hall–Kier alpha value is -1.20. The van der Waals surface area contributed by atoms with E-state index in [4.69, 9.17) is 0 Å². The number of benzene rings is 1. The number of hydrogen-bond acceptors (Lipinski definition) is 3. The average Bonchev–Trinajstić information content (AvgIpc) is 2.38. The normalized spacial score (nSPS) is 24.6. The molecule has 1 aromatic carbocycles. The summed E-state index contributed by atoms with van der Waals surface area (Å²) in [5.74, 6) is -0.0614. The molecule has 0 bridgehead atoms. The van der Waals surface area contributed by atoms with Crippen LogP contribution in [0.3, 0.4) is 0 Å². The second-order valence-electron chi connectivity index (χ2n) is 5.54. The molecule has 2 rings (SSSR count). The van der Waals surface area contributed by atoms with Crippen molar-refractivity contribution in [3.8, 4) is 0 Å². The van der Waals surface area contributed by atoms with Crippen molar-refractivity contribution in [3.63, 3.8) is 0 Å². The van der Waals surface area contributed by atoms with Gasteiger partial charge in [-0.15, -0.1) is 0 Å². The molecular weight excluding hydrogens is 274 g/mol. The van der Waals surface area contributed by atoms with E-state index in [1.807, 2.05) is 13.8 Å². The van der Waals surface area contributed by atoms with Crippen molar-refractivity contribution in [1.29, 1.82) is 0 Å². The van der Waals surface area contributed by atoms with Crippen LogP contribution in [0.4, 0.5) is 0 Å². The number of Topliss-reactive ketones (excluding diaryl/α,β-unsaturated/α-hetero) is 1. The van der Waals surface area contributed by atoms with E-state index in [1.54, 1.807) is 16.4 Å². The molecule has 0 aliphatic carbocycles. The van der Waals surface area contributed by atoms with E-state index in [-0.39, 0.29) is 22.8 Å². The van der Waals surface area contributed by atoms with E-state index in [2.05, 4.69) is 0 Å². The minimum absolute atomic E-state index is 0.0243. The maximum absolute atomic E-state index is 12.7. The quantitative estimate of drug-likeness (QED) is 0.806. The molecule has 0 aromatic heterocycles. The largest absolute Gasteiger partial charge is 0.295 e. The van der Waals surface area contributed by atoms with Gasteiger partial charge in [0, 0.05) is 17.6 Å². The fraction of sp³-hybridized carbons (Fsp3) is 0.533. The second kappa shape index (κ2) is 5.66. The molecular formula is C15H21NO3S. The minimum Gasteiger partial charge on any atom is -0.295 e. The molecule has 20 heavy (non-hydrogen) atoms. The van der Waals surface area contributed by atoms with Gasteiger partial charge >= 0.3 is 0 Å². The van der Waals surface area contributed by atoms with E-state index < -0.39 is 10.0 Å². The van der Waals surface area contributed by atoms with Crippen molar-refractivity contribution in [2.75, 3.05) is 0 Å². The molecule has 1 fully saturated rings. The van der Waals surface area contributed by atoms with Crippen molar-refractivity contribution in [1.82, 2.24) is 4.31 Å². The minimum atomic E-state index is -3.48. The van der Waals surface area contributed by atoms with Gasteiger partial charge in [0.2, 0.25) is 10.0 Å². The predicted molar refractivity (Wildman–Crippen MR) is 78.2 cm³/mol. The fourth-order valence-electron chi connectivity index (χ4n) is 2.85. The highest BCUT2D eigenvalue weighted by molar-refractivity contribution is 7.89. The number of piperidine rings is 1. The molecule has 5 heteroatoms. The van der Waals surface area contributed by atoms with Gasteiger partial charge in [0.05, 0.1) is 4.90 Å². The third kappa shape index (κ3) is 2.79. The number of carbonyl (C=O) groups excluding carboxylic acids is 1. The summed E-state index contributed by atoms with van der Waals surface area (Å²) in [5, 5.41) is 0. The maximum atomic E-state index is 12.7. The molecule has 1 heterocycles. The van der Waals surface area contributed by atoms with Crippen LogP contribution in [0.2, 0.25) is 0 Å². The molecule has 0 saturated carbocycles. The first kappa shape index (κ1) is 15.2. The third-order valence-electron chi connectivity index (χ3n) is 3.95. The summed E-state index contributed by atoms with van der Waals surface area (Å²) in [4.78, 5) is 11.5. The summed E-state index contributed by atoms with van der Waals surface area (Å²) in [6.07, 6.45) is 2.86. The molecule has 1 aromatic rings. The summed E-state index contributed by atoms with van der Waals surface area (Å²) >= 11 is 0. The summed E-state index contributed by atoms with van der Waals surface area (Å²) < 4.78 is 27.1. The molecule has 2 atom stereocenters. The Kier molecular flexibility index (Phi) is 4.30. The topological polar surface area (TPSA) is 54.5 Å². The fourth-order valence-corrected chi connectivity index (χ4v) is 4.74. The monoisotopic (exact) mass is 295 g/mol. The Bertz CT molecular complexity index is 582. The van der Waals surface area contributed by atoms with Crippen molar-refractivity contribution in [2.24, 2.45) is 0 Å². The molecule has 0 unspecified atom stereocenters. The van der Waals surface area contributed by atoms with Gasteiger partial charge in [0.1, 0.15) is 0 Å². The van der Waals surface area contributed by atoms with E-state index in [0.29, 0.717) is 5.56 Å². The zero-order chi connectivity index (χ0) is 14.9. The molecule has 0 spiro atoms. The van der Waals surface area contributed by atoms with Crippen LogP contribution >= 0.6 is 0 Å². The summed E-state index contributed by atoms with van der Waals surface area (Å²) in [6, 6.07) is 6.26. The highest BCUT2D eigenvalue weighted by Crippen LogP contribution is 2.29. The Morgan fingerprint density at radius 3 is 2.05 bits per heavy atom. The van der Waals surface area contributed by atoms with Crippen molar-refractivity contribution in [2.45, 2.75) is 57.0 Å². The van der Waals surface area contributed by atoms with Crippen LogP contribution in [0.15, 0.2) is 29.2 Å². The Labute approximate surface area is 120 Å². The van der Waals surface area contributed by atoms with Crippen LogP contribution in [0, 0.1) is 0 Å². The van der Waals surface area contributed by atoms with E-state index in [1.165, 1.54) is 19.1 Å². The molecule has 1 saturated heterocycles. The summed E-state index contributed by atoms with van der Waals surface area (Å²) in [5.41, 5.74) is 0.531. The van der Waals surface area contributed by atoms with Crippen LogP contribution in [0.5, 0.6) is 0 Å². The van der Waals surface area contributed by atoms with Gasteiger partial charge < -0.3 is 0 Å². The lowest BCUT2D eigenvalue weighted by atomic mass is 10.0. The molecule has 1 aliphatic heterocycles. The molecule has 0 amide bonds. The van der Waals surface area contributed by atoms with Gasteiger partial charge in [-0.1, -0.05) is 18.6 Å². The maximum Gasteiger partial charge on any atom is 0.243 e. The van der Waals surface area contributed by atoms with Crippen LogP contribution in [-0.2, 0) is 10.0 Å². The summed E-state index contributed by atoms with van der Waals surface area (Å²) in [6.45, 7) is 5.38. The zero-order valence-corrected chi connectivity index (χ0v) is 13.0. The average molecular weight is 295 g/mol. The van der Waals surface area contributed by atoms with Gasteiger partial charge in [0.25, 0.3) is 0 Å². The SMILES string of the molecule is CC(=O)c1ccc(S(=O)(=O)N2[C@H](C)CCC[C@@H]2C)cc1. The van der Waals surface area contributed by atoms with Crippen LogP contribution < -0.4 is 0 Å². The smallest absolute Gasteiger partial charge is 0.243 e. The van der Waals surface area contributed by atoms with E-state index in [9.17, 15) is 13.2 Å². The van der Waals surface area contributed by atoms with Crippen molar-refractivity contribution in [3.05, 3.63) is 29.8 Å². The Morgan fingerprint density at radius 1 is 1.10 bits per heavy atom. The molecule has 0 N–H and O–H groups in total. The third-order valence-corrected chi connectivity index (χ3v) is 6.09. The molecule has 110 valence electrons.